The maximum Gasteiger partial charge on any atom is 0.271 e. The van der Waals surface area contributed by atoms with Crippen LogP contribution in [0.5, 0.6) is 0 Å². The first-order chi connectivity index (χ1) is 15.9. The van der Waals surface area contributed by atoms with E-state index >= 15 is 0 Å². The van der Waals surface area contributed by atoms with Crippen LogP contribution in [0.3, 0.4) is 0 Å². The number of non-ortho nitro benzene ring substituents is 1. The summed E-state index contributed by atoms with van der Waals surface area (Å²) in [5, 5.41) is 13.8. The number of carbonyl (C=O) groups excluding carboxylic acids is 1. The zero-order chi connectivity index (χ0) is 23.7. The van der Waals surface area contributed by atoms with Crippen LogP contribution in [-0.4, -0.2) is 38.9 Å². The maximum atomic E-state index is 13.2. The molecule has 0 fully saturated rings. The van der Waals surface area contributed by atoms with Gasteiger partial charge in [-0.3, -0.25) is 19.2 Å². The Bertz CT molecular complexity index is 1190. The van der Waals surface area contributed by atoms with E-state index in [2.05, 4.69) is 5.32 Å². The van der Waals surface area contributed by atoms with E-state index in [0.29, 0.717) is 6.61 Å². The molecule has 33 heavy (non-hydrogen) atoms. The third kappa shape index (κ3) is 6.61. The first kappa shape index (κ1) is 23.9. The van der Waals surface area contributed by atoms with Gasteiger partial charge >= 0.3 is 0 Å². The Morgan fingerprint density at radius 1 is 0.970 bits per heavy atom. The third-order valence-corrected chi connectivity index (χ3v) is 6.42. The molecule has 1 N–H and O–H groups in total. The molecule has 0 aromatic heterocycles. The molecule has 1 amide bonds. The van der Waals surface area contributed by atoms with E-state index < -0.39 is 27.4 Å². The highest BCUT2D eigenvalue weighted by Crippen LogP contribution is 2.26. The molecule has 3 aromatic rings. The summed E-state index contributed by atoms with van der Waals surface area (Å²) in [6.07, 6.45) is 0. The molecule has 0 atom stereocenters. The summed E-state index contributed by atoms with van der Waals surface area (Å²) in [7, 11) is -4.14. The topological polar surface area (TPSA) is 119 Å². The number of amides is 1. The molecule has 0 bridgehead atoms. The van der Waals surface area contributed by atoms with Gasteiger partial charge in [0, 0.05) is 18.7 Å². The highest BCUT2D eigenvalue weighted by Gasteiger charge is 2.28. The zero-order valence-electron chi connectivity index (χ0n) is 17.7. The van der Waals surface area contributed by atoms with Crippen molar-refractivity contribution in [2.45, 2.75) is 11.5 Å². The summed E-state index contributed by atoms with van der Waals surface area (Å²) in [6, 6.07) is 22.3. The molecular weight excluding hydrogens is 446 g/mol. The number of benzene rings is 3. The van der Waals surface area contributed by atoms with Crippen LogP contribution in [0.15, 0.2) is 89.8 Å². The van der Waals surface area contributed by atoms with Crippen LogP contribution in [-0.2, 0) is 26.2 Å². The monoisotopic (exact) mass is 469 g/mol. The van der Waals surface area contributed by atoms with Gasteiger partial charge in [-0.05, 0) is 23.8 Å². The Balaban J connectivity index is 1.70. The number of sulfonamides is 1. The lowest BCUT2D eigenvalue weighted by atomic mass is 10.2. The predicted molar refractivity (Wildman–Crippen MR) is 123 cm³/mol. The summed E-state index contributed by atoms with van der Waals surface area (Å²) in [6.45, 7) is 0.263. The molecule has 0 spiro atoms. The number of rotatable bonds is 11. The molecule has 10 heteroatoms. The van der Waals surface area contributed by atoms with Crippen molar-refractivity contribution in [2.24, 2.45) is 0 Å². The van der Waals surface area contributed by atoms with Gasteiger partial charge < -0.3 is 10.1 Å². The number of nitrogens with one attached hydrogen (secondary N) is 1. The van der Waals surface area contributed by atoms with E-state index in [4.69, 9.17) is 4.74 Å². The van der Waals surface area contributed by atoms with E-state index in [1.165, 1.54) is 30.3 Å². The molecule has 3 rings (SSSR count). The molecular formula is C23H23N3O6S. The Hall–Kier alpha value is -3.76. The van der Waals surface area contributed by atoms with Crippen molar-refractivity contribution in [2.75, 3.05) is 24.0 Å². The predicted octanol–water partition coefficient (Wildman–Crippen LogP) is 3.12. The first-order valence-electron chi connectivity index (χ1n) is 10.1. The number of hydrogen-bond acceptors (Lipinski definition) is 6. The van der Waals surface area contributed by atoms with Crippen molar-refractivity contribution in [3.63, 3.8) is 0 Å². The fourth-order valence-corrected chi connectivity index (χ4v) is 4.44. The van der Waals surface area contributed by atoms with Crippen molar-refractivity contribution < 1.29 is 22.9 Å². The van der Waals surface area contributed by atoms with Gasteiger partial charge in [-0.1, -0.05) is 54.6 Å². The van der Waals surface area contributed by atoms with Gasteiger partial charge in [0.05, 0.1) is 28.7 Å². The van der Waals surface area contributed by atoms with Crippen molar-refractivity contribution in [1.29, 1.82) is 0 Å². The lowest BCUT2D eigenvalue weighted by molar-refractivity contribution is -0.384. The number of anilines is 1. The summed E-state index contributed by atoms with van der Waals surface area (Å²) in [5.74, 6) is -0.565. The van der Waals surface area contributed by atoms with Gasteiger partial charge in [0.2, 0.25) is 5.91 Å². The van der Waals surface area contributed by atoms with Crippen LogP contribution in [0.1, 0.15) is 5.56 Å². The molecule has 0 aliphatic carbocycles. The van der Waals surface area contributed by atoms with E-state index in [1.54, 1.807) is 18.2 Å². The second-order valence-corrected chi connectivity index (χ2v) is 8.85. The minimum Gasteiger partial charge on any atom is -0.375 e. The lowest BCUT2D eigenvalue weighted by Crippen LogP contribution is -2.41. The highest BCUT2D eigenvalue weighted by atomic mass is 32.2. The van der Waals surface area contributed by atoms with Crippen LogP contribution in [0.25, 0.3) is 0 Å². The average Bonchev–Trinajstić information content (AvgIpc) is 2.83. The highest BCUT2D eigenvalue weighted by molar-refractivity contribution is 7.92. The smallest absolute Gasteiger partial charge is 0.271 e. The van der Waals surface area contributed by atoms with Crippen LogP contribution < -0.4 is 9.62 Å². The SMILES string of the molecule is O=C(CN(c1cccc([N+](=O)[O-])c1)S(=O)(=O)c1ccccc1)NCCOCc1ccccc1. The number of ether oxygens (including phenoxy) is 1. The van der Waals surface area contributed by atoms with E-state index in [9.17, 15) is 23.3 Å². The molecule has 0 unspecified atom stereocenters. The Labute approximate surface area is 191 Å². The molecule has 3 aromatic carbocycles. The van der Waals surface area contributed by atoms with Crippen molar-refractivity contribution >= 4 is 27.3 Å². The molecule has 0 saturated heterocycles. The number of nitrogens with zero attached hydrogens (tertiary/aromatic N) is 2. The van der Waals surface area contributed by atoms with Gasteiger partial charge in [0.15, 0.2) is 0 Å². The van der Waals surface area contributed by atoms with Crippen molar-refractivity contribution in [3.05, 3.63) is 101 Å². The zero-order valence-corrected chi connectivity index (χ0v) is 18.5. The van der Waals surface area contributed by atoms with Gasteiger partial charge in [-0.2, -0.15) is 0 Å². The van der Waals surface area contributed by atoms with Crippen molar-refractivity contribution in [3.8, 4) is 0 Å². The van der Waals surface area contributed by atoms with Gasteiger partial charge in [-0.15, -0.1) is 0 Å². The molecule has 9 nitrogen and oxygen atoms in total. The number of nitro groups is 1. The summed E-state index contributed by atoms with van der Waals surface area (Å²) < 4.78 is 32.8. The second kappa shape index (κ2) is 11.2. The number of hydrogen-bond donors (Lipinski definition) is 1. The van der Waals surface area contributed by atoms with Gasteiger partial charge in [-0.25, -0.2) is 8.42 Å². The number of nitro benzene ring substituents is 1. The Kier molecular flexibility index (Phi) is 8.11. The summed E-state index contributed by atoms with van der Waals surface area (Å²) in [5.41, 5.74) is 0.730. The van der Waals surface area contributed by atoms with Gasteiger partial charge in [0.25, 0.3) is 15.7 Å². The molecule has 0 radical (unpaired) electrons. The lowest BCUT2D eigenvalue weighted by Gasteiger charge is -2.24. The Morgan fingerprint density at radius 3 is 2.30 bits per heavy atom. The maximum absolute atomic E-state index is 13.2. The normalized spacial score (nSPS) is 11.0. The minimum atomic E-state index is -4.14. The minimum absolute atomic E-state index is 0.0172. The van der Waals surface area contributed by atoms with Gasteiger partial charge in [0.1, 0.15) is 6.54 Å². The first-order valence-corrected chi connectivity index (χ1v) is 11.5. The quantitative estimate of drug-likeness (QED) is 0.262. The largest absolute Gasteiger partial charge is 0.375 e. The summed E-state index contributed by atoms with van der Waals surface area (Å²) >= 11 is 0. The van der Waals surface area contributed by atoms with Crippen LogP contribution in [0.4, 0.5) is 11.4 Å². The van der Waals surface area contributed by atoms with Crippen molar-refractivity contribution in [1.82, 2.24) is 5.32 Å². The number of carbonyl (C=O) groups is 1. The molecule has 172 valence electrons. The fraction of sp³-hybridized carbons (Fsp3) is 0.174. The average molecular weight is 470 g/mol. The van der Waals surface area contributed by atoms with E-state index in [0.717, 1.165) is 15.9 Å². The molecule has 0 heterocycles. The molecule has 0 aliphatic heterocycles. The van der Waals surface area contributed by atoms with Crippen LogP contribution in [0, 0.1) is 10.1 Å². The summed E-state index contributed by atoms with van der Waals surface area (Å²) in [4.78, 5) is 23.1. The molecule has 0 saturated carbocycles. The molecule has 0 aliphatic rings. The van der Waals surface area contributed by atoms with E-state index in [1.807, 2.05) is 30.3 Å². The van der Waals surface area contributed by atoms with Crippen LogP contribution >= 0.6 is 0 Å². The second-order valence-electron chi connectivity index (χ2n) is 6.99. The van der Waals surface area contributed by atoms with E-state index in [-0.39, 0.29) is 29.4 Å². The Morgan fingerprint density at radius 2 is 1.64 bits per heavy atom. The van der Waals surface area contributed by atoms with Crippen LogP contribution in [0.2, 0.25) is 0 Å². The third-order valence-electron chi connectivity index (χ3n) is 4.63. The standard InChI is InChI=1S/C23H23N3O6S/c27-23(24-14-15-32-18-19-8-3-1-4-9-19)17-25(20-10-7-11-21(16-20)26(28)29)33(30,31)22-12-5-2-6-13-22/h1-13,16H,14-15,17-18H2,(H,24,27). The fourth-order valence-electron chi connectivity index (χ4n) is 3.01.